The van der Waals surface area contributed by atoms with Gasteiger partial charge in [0.1, 0.15) is 0 Å². The normalized spacial score (nSPS) is 29.9. The number of oxime groups is 1. The molecule has 0 amide bonds. The Balaban J connectivity index is 1.93. The molecule has 2 aliphatic heterocycles. The predicted octanol–water partition coefficient (Wildman–Crippen LogP) is 0.717. The third-order valence-corrected chi connectivity index (χ3v) is 3.67. The fraction of sp³-hybridized carbons (Fsp3) is 0.833. The van der Waals surface area contributed by atoms with Crippen LogP contribution in [0.5, 0.6) is 0 Å². The fourth-order valence-corrected chi connectivity index (χ4v) is 2.56. The minimum Gasteiger partial charge on any atom is -0.479 e. The SMILES string of the molecule is CC1OC2(CCN(C)CC2)C/C1=N/OCC(=O)O. The van der Waals surface area contributed by atoms with Crippen LogP contribution >= 0.6 is 0 Å². The van der Waals surface area contributed by atoms with Crippen molar-refractivity contribution in [1.29, 1.82) is 0 Å². The lowest BCUT2D eigenvalue weighted by Gasteiger charge is -2.36. The lowest BCUT2D eigenvalue weighted by molar-refractivity contribution is -0.142. The van der Waals surface area contributed by atoms with Gasteiger partial charge in [-0.2, -0.15) is 0 Å². The van der Waals surface area contributed by atoms with Gasteiger partial charge >= 0.3 is 5.97 Å². The van der Waals surface area contributed by atoms with E-state index >= 15 is 0 Å². The van der Waals surface area contributed by atoms with Crippen molar-refractivity contribution in [2.75, 3.05) is 26.7 Å². The first kappa shape index (κ1) is 13.3. The van der Waals surface area contributed by atoms with E-state index in [1.54, 1.807) is 0 Å². The molecule has 0 aliphatic carbocycles. The van der Waals surface area contributed by atoms with E-state index in [-0.39, 0.29) is 11.7 Å². The van der Waals surface area contributed by atoms with Gasteiger partial charge in [0.05, 0.1) is 17.4 Å². The van der Waals surface area contributed by atoms with Gasteiger partial charge in [-0.25, -0.2) is 4.79 Å². The van der Waals surface area contributed by atoms with Gasteiger partial charge in [0.2, 0.25) is 6.61 Å². The van der Waals surface area contributed by atoms with Crippen LogP contribution in [0.3, 0.4) is 0 Å². The number of hydrogen-bond donors (Lipinski definition) is 1. The predicted molar refractivity (Wildman–Crippen MR) is 65.6 cm³/mol. The maximum atomic E-state index is 10.4. The molecule has 0 radical (unpaired) electrons. The van der Waals surface area contributed by atoms with E-state index in [0.29, 0.717) is 0 Å². The van der Waals surface area contributed by atoms with E-state index in [9.17, 15) is 4.79 Å². The molecule has 1 spiro atoms. The van der Waals surface area contributed by atoms with Crippen LogP contribution in [-0.2, 0) is 14.4 Å². The largest absolute Gasteiger partial charge is 0.479 e. The zero-order valence-corrected chi connectivity index (χ0v) is 10.9. The Morgan fingerprint density at radius 3 is 2.89 bits per heavy atom. The number of carbonyl (C=O) groups is 1. The molecule has 18 heavy (non-hydrogen) atoms. The van der Waals surface area contributed by atoms with Crippen LogP contribution in [0.25, 0.3) is 0 Å². The summed E-state index contributed by atoms with van der Waals surface area (Å²) in [7, 11) is 2.11. The lowest BCUT2D eigenvalue weighted by Crippen LogP contribution is -2.42. The molecule has 2 fully saturated rings. The Labute approximate surface area is 107 Å². The Morgan fingerprint density at radius 1 is 1.61 bits per heavy atom. The second kappa shape index (κ2) is 5.24. The molecule has 1 atom stereocenters. The number of rotatable bonds is 3. The maximum Gasteiger partial charge on any atom is 0.344 e. The number of ether oxygens (including phenoxy) is 1. The Bertz CT molecular complexity index is 348. The molecule has 2 rings (SSSR count). The highest BCUT2D eigenvalue weighted by Gasteiger charge is 2.44. The molecule has 0 aromatic heterocycles. The fourth-order valence-electron chi connectivity index (χ4n) is 2.56. The third kappa shape index (κ3) is 3.00. The number of likely N-dealkylation sites (tertiary alicyclic amines) is 1. The van der Waals surface area contributed by atoms with Gasteiger partial charge in [0.25, 0.3) is 0 Å². The monoisotopic (exact) mass is 256 g/mol. The molecule has 102 valence electrons. The zero-order chi connectivity index (χ0) is 13.2. The summed E-state index contributed by atoms with van der Waals surface area (Å²) in [4.78, 5) is 17.4. The summed E-state index contributed by atoms with van der Waals surface area (Å²) in [5.41, 5.74) is 0.706. The number of piperidine rings is 1. The van der Waals surface area contributed by atoms with Gasteiger partial charge < -0.3 is 19.6 Å². The topological polar surface area (TPSA) is 71.4 Å². The molecule has 6 nitrogen and oxygen atoms in total. The molecule has 0 aromatic rings. The van der Waals surface area contributed by atoms with Gasteiger partial charge in [-0.3, -0.25) is 0 Å². The minimum atomic E-state index is -1.01. The first-order valence-corrected chi connectivity index (χ1v) is 6.28. The van der Waals surface area contributed by atoms with E-state index in [4.69, 9.17) is 14.7 Å². The first-order valence-electron chi connectivity index (χ1n) is 6.28. The highest BCUT2D eigenvalue weighted by molar-refractivity contribution is 5.90. The number of carboxylic acids is 1. The van der Waals surface area contributed by atoms with Crippen molar-refractivity contribution in [2.24, 2.45) is 5.16 Å². The van der Waals surface area contributed by atoms with Crippen molar-refractivity contribution in [1.82, 2.24) is 4.90 Å². The number of aliphatic carboxylic acids is 1. The van der Waals surface area contributed by atoms with Crippen LogP contribution in [0.1, 0.15) is 26.2 Å². The quantitative estimate of drug-likeness (QED) is 0.753. The summed E-state index contributed by atoms with van der Waals surface area (Å²) in [5.74, 6) is -1.01. The third-order valence-electron chi connectivity index (χ3n) is 3.67. The van der Waals surface area contributed by atoms with E-state index in [1.165, 1.54) is 0 Å². The molecule has 2 saturated heterocycles. The van der Waals surface area contributed by atoms with E-state index < -0.39 is 12.6 Å². The Hall–Kier alpha value is -1.14. The smallest absolute Gasteiger partial charge is 0.344 e. The van der Waals surface area contributed by atoms with Gasteiger partial charge in [0, 0.05) is 19.5 Å². The molecule has 0 aromatic carbocycles. The van der Waals surface area contributed by atoms with Gasteiger partial charge in [-0.1, -0.05) is 5.16 Å². The summed E-state index contributed by atoms with van der Waals surface area (Å²) in [6, 6.07) is 0. The van der Waals surface area contributed by atoms with Crippen molar-refractivity contribution < 1.29 is 19.5 Å². The summed E-state index contributed by atoms with van der Waals surface area (Å²) in [6.07, 6.45) is 2.65. The molecular weight excluding hydrogens is 236 g/mol. The van der Waals surface area contributed by atoms with Crippen molar-refractivity contribution in [2.45, 2.75) is 37.9 Å². The van der Waals surface area contributed by atoms with Crippen LogP contribution < -0.4 is 0 Å². The molecular formula is C12H20N2O4. The molecule has 0 saturated carbocycles. The van der Waals surface area contributed by atoms with Crippen LogP contribution in [0, 0.1) is 0 Å². The first-order chi connectivity index (χ1) is 8.51. The zero-order valence-electron chi connectivity index (χ0n) is 10.9. The lowest BCUT2D eigenvalue weighted by atomic mass is 9.88. The molecule has 2 aliphatic rings. The van der Waals surface area contributed by atoms with Gasteiger partial charge in [0.15, 0.2) is 0 Å². The minimum absolute atomic E-state index is 0.0813. The molecule has 2 heterocycles. The summed E-state index contributed by atoms with van der Waals surface area (Å²) < 4.78 is 6.02. The average molecular weight is 256 g/mol. The summed E-state index contributed by atoms with van der Waals surface area (Å²) in [6.45, 7) is 3.59. The number of nitrogens with zero attached hydrogens (tertiary/aromatic N) is 2. The number of carboxylic acid groups (broad SMARTS) is 1. The summed E-state index contributed by atoms with van der Waals surface area (Å²) >= 11 is 0. The van der Waals surface area contributed by atoms with Crippen LogP contribution in [-0.4, -0.2) is 60.1 Å². The van der Waals surface area contributed by atoms with Crippen LogP contribution in [0.15, 0.2) is 5.16 Å². The van der Waals surface area contributed by atoms with Crippen molar-refractivity contribution in [3.8, 4) is 0 Å². The second-order valence-corrected chi connectivity index (χ2v) is 5.17. The van der Waals surface area contributed by atoms with E-state index in [0.717, 1.165) is 38.1 Å². The van der Waals surface area contributed by atoms with Gasteiger partial charge in [-0.15, -0.1) is 0 Å². The van der Waals surface area contributed by atoms with Gasteiger partial charge in [-0.05, 0) is 26.8 Å². The van der Waals surface area contributed by atoms with Crippen LogP contribution in [0.4, 0.5) is 0 Å². The van der Waals surface area contributed by atoms with E-state index in [1.807, 2.05) is 6.92 Å². The van der Waals surface area contributed by atoms with E-state index in [2.05, 4.69) is 17.1 Å². The highest BCUT2D eigenvalue weighted by atomic mass is 16.6. The van der Waals surface area contributed by atoms with Crippen molar-refractivity contribution in [3.05, 3.63) is 0 Å². The maximum absolute atomic E-state index is 10.4. The van der Waals surface area contributed by atoms with Crippen molar-refractivity contribution in [3.63, 3.8) is 0 Å². The molecule has 1 N–H and O–H groups in total. The number of hydrogen-bond acceptors (Lipinski definition) is 5. The Morgan fingerprint density at radius 2 is 2.28 bits per heavy atom. The Kier molecular flexibility index (Phi) is 3.87. The average Bonchev–Trinajstić information content (AvgIpc) is 2.60. The molecule has 6 heteroatoms. The molecule has 1 unspecified atom stereocenters. The standard InChI is InChI=1S/C12H20N2O4/c1-9-10(13-17-8-11(15)16)7-12(18-9)3-5-14(2)6-4-12/h9H,3-8H2,1-2H3,(H,15,16)/b13-10-. The molecule has 0 bridgehead atoms. The highest BCUT2D eigenvalue weighted by Crippen LogP contribution is 2.37. The summed E-state index contributed by atoms with van der Waals surface area (Å²) in [5, 5.41) is 12.4. The van der Waals surface area contributed by atoms with Crippen molar-refractivity contribution >= 4 is 11.7 Å². The second-order valence-electron chi connectivity index (χ2n) is 5.17. The van der Waals surface area contributed by atoms with Crippen LogP contribution in [0.2, 0.25) is 0 Å².